The van der Waals surface area contributed by atoms with Gasteiger partial charge < -0.3 is 4.52 Å². The van der Waals surface area contributed by atoms with Crippen LogP contribution in [0.1, 0.15) is 0 Å². The maximum absolute atomic E-state index is 11.4. The lowest BCUT2D eigenvalue weighted by atomic mass is 10.6. The van der Waals surface area contributed by atoms with Gasteiger partial charge in [0.2, 0.25) is 0 Å². The fraction of sp³-hybridized carbons (Fsp3) is 0. The number of rotatable bonds is 2. The van der Waals surface area contributed by atoms with Gasteiger partial charge in [-0.2, -0.15) is 5.54 Å². The monoisotopic (exact) mass is 135 g/mol. The first-order valence-corrected chi connectivity index (χ1v) is 2.07. The molecule has 0 saturated carbocycles. The van der Waals surface area contributed by atoms with Crippen LogP contribution in [-0.4, -0.2) is 5.16 Å². The molecule has 0 bridgehead atoms. The third-order valence-corrected chi connectivity index (χ3v) is 0.700. The molecule has 0 atom stereocenters. The fourth-order valence-electron chi connectivity index (χ4n) is 0.364. The topological polar surface area (TPSA) is 50.1 Å². The van der Waals surface area contributed by atoms with Crippen LogP contribution in [0.2, 0.25) is 0 Å². The third kappa shape index (κ3) is 1.07. The van der Waals surface area contributed by atoms with E-state index in [1.165, 1.54) is 5.54 Å². The zero-order valence-corrected chi connectivity index (χ0v) is 4.19. The van der Waals surface area contributed by atoms with E-state index in [1.807, 2.05) is 0 Å². The number of nitrogens with one attached hydrogen (secondary N) is 2. The van der Waals surface area contributed by atoms with Gasteiger partial charge in [0.25, 0.3) is 5.88 Å². The van der Waals surface area contributed by atoms with Crippen LogP contribution in [0.3, 0.4) is 0 Å². The molecule has 6 heteroatoms. The zero-order chi connectivity index (χ0) is 6.69. The first-order valence-electron chi connectivity index (χ1n) is 2.07. The van der Waals surface area contributed by atoms with Crippen molar-refractivity contribution in [3.8, 4) is 0 Å². The Bertz CT molecular complexity index is 170. The summed E-state index contributed by atoms with van der Waals surface area (Å²) in [6, 6.07) is 1.03. The lowest BCUT2D eigenvalue weighted by Gasteiger charge is -1.78. The number of hydrogen-bond donors (Lipinski definition) is 2. The van der Waals surface area contributed by atoms with E-state index < -0.39 is 0 Å². The fourth-order valence-corrected chi connectivity index (χ4v) is 0.364. The highest BCUT2D eigenvalue weighted by molar-refractivity contribution is 5.41. The van der Waals surface area contributed by atoms with Crippen molar-refractivity contribution in [3.63, 3.8) is 0 Å². The maximum atomic E-state index is 11.4. The summed E-state index contributed by atoms with van der Waals surface area (Å²) in [5.74, 6) is -0.412. The summed E-state index contributed by atoms with van der Waals surface area (Å²) >= 11 is 0. The molecule has 2 N–H and O–H groups in total. The minimum Gasteiger partial charge on any atom is -0.334 e. The van der Waals surface area contributed by atoms with Gasteiger partial charge >= 0.3 is 0 Å². The second-order valence-electron chi connectivity index (χ2n) is 1.27. The molecule has 4 nitrogen and oxygen atoms in total. The molecule has 0 aliphatic carbocycles. The van der Waals surface area contributed by atoms with Crippen molar-refractivity contribution in [3.05, 3.63) is 6.07 Å². The summed E-state index contributed by atoms with van der Waals surface area (Å²) in [6.07, 6.45) is 0. The number of anilines is 2. The molecule has 0 amide bonds. The first kappa shape index (κ1) is 5.80. The number of halogens is 2. The van der Waals surface area contributed by atoms with Crippen molar-refractivity contribution in [2.24, 2.45) is 0 Å². The lowest BCUT2D eigenvalue weighted by molar-refractivity contribution is 0.408. The Labute approximate surface area is 48.7 Å². The largest absolute Gasteiger partial charge is 0.334 e. The highest BCUT2D eigenvalue weighted by Crippen LogP contribution is 2.12. The molecule has 0 aliphatic rings. The van der Waals surface area contributed by atoms with Gasteiger partial charge in [-0.3, -0.25) is 0 Å². The van der Waals surface area contributed by atoms with Crippen molar-refractivity contribution in [2.45, 2.75) is 0 Å². The quantitative estimate of drug-likeness (QED) is 0.599. The van der Waals surface area contributed by atoms with Crippen molar-refractivity contribution >= 4 is 11.7 Å². The van der Waals surface area contributed by atoms with Gasteiger partial charge in [-0.1, -0.05) is 5.16 Å². The molecule has 0 spiro atoms. The van der Waals surface area contributed by atoms with Gasteiger partial charge in [0, 0.05) is 0 Å². The predicted octanol–water partition coefficient (Wildman–Crippen LogP) is 1.27. The standard InChI is InChI=1S/C3H3F2N3O/c4-6-2-1-3(7-5)9-8-2/h1,7H,(H,6,8). The van der Waals surface area contributed by atoms with E-state index in [2.05, 4.69) is 9.68 Å². The summed E-state index contributed by atoms with van der Waals surface area (Å²) in [7, 11) is 0. The van der Waals surface area contributed by atoms with Crippen LogP contribution in [-0.2, 0) is 0 Å². The van der Waals surface area contributed by atoms with Gasteiger partial charge in [0.05, 0.1) is 6.07 Å². The average molecular weight is 135 g/mol. The van der Waals surface area contributed by atoms with Gasteiger partial charge in [0.15, 0.2) is 5.82 Å². The van der Waals surface area contributed by atoms with Crippen LogP contribution < -0.4 is 11.1 Å². The van der Waals surface area contributed by atoms with Gasteiger partial charge in [-0.15, -0.1) is 8.96 Å². The van der Waals surface area contributed by atoms with Crippen LogP contribution in [0.15, 0.2) is 10.6 Å². The lowest BCUT2D eigenvalue weighted by Crippen LogP contribution is -1.77. The second kappa shape index (κ2) is 2.29. The Hall–Kier alpha value is -1.33. The molecule has 1 rings (SSSR count). The molecule has 1 heterocycles. The predicted molar refractivity (Wildman–Crippen MR) is 26.0 cm³/mol. The Morgan fingerprint density at radius 3 is 2.56 bits per heavy atom. The van der Waals surface area contributed by atoms with E-state index in [9.17, 15) is 8.96 Å². The second-order valence-corrected chi connectivity index (χ2v) is 1.27. The minimum absolute atomic E-state index is 0.171. The Morgan fingerprint density at radius 1 is 1.44 bits per heavy atom. The van der Waals surface area contributed by atoms with Gasteiger partial charge in [-0.25, -0.2) is 5.54 Å². The highest BCUT2D eigenvalue weighted by atomic mass is 19.2. The molecule has 50 valence electrons. The minimum atomic E-state index is -0.241. The van der Waals surface area contributed by atoms with Crippen molar-refractivity contribution in [1.29, 1.82) is 0 Å². The molecule has 0 saturated heterocycles. The Kier molecular flexibility index (Phi) is 1.48. The van der Waals surface area contributed by atoms with Gasteiger partial charge in [0.1, 0.15) is 0 Å². The molecule has 1 aromatic heterocycles. The van der Waals surface area contributed by atoms with E-state index in [-0.39, 0.29) is 11.7 Å². The summed E-state index contributed by atoms with van der Waals surface area (Å²) in [5, 5.41) is 3.04. The van der Waals surface area contributed by atoms with Crippen LogP contribution >= 0.6 is 0 Å². The first-order chi connectivity index (χ1) is 4.36. The van der Waals surface area contributed by atoms with Crippen LogP contribution in [0.25, 0.3) is 0 Å². The number of aromatic nitrogens is 1. The molecule has 0 unspecified atom stereocenters. The summed E-state index contributed by atoms with van der Waals surface area (Å²) in [5.41, 5.74) is 2.32. The Balaban J connectivity index is 2.74. The third-order valence-electron chi connectivity index (χ3n) is 0.700. The van der Waals surface area contributed by atoms with Crippen LogP contribution in [0.5, 0.6) is 0 Å². The van der Waals surface area contributed by atoms with Crippen molar-refractivity contribution in [1.82, 2.24) is 5.16 Å². The Morgan fingerprint density at radius 2 is 2.22 bits per heavy atom. The van der Waals surface area contributed by atoms with E-state index in [1.54, 1.807) is 0 Å². The summed E-state index contributed by atoms with van der Waals surface area (Å²) < 4.78 is 26.9. The average Bonchev–Trinajstić information content (AvgIpc) is 2.34. The van der Waals surface area contributed by atoms with E-state index in [0.717, 1.165) is 11.6 Å². The van der Waals surface area contributed by atoms with Gasteiger partial charge in [-0.05, 0) is 0 Å². The zero-order valence-electron chi connectivity index (χ0n) is 4.19. The maximum Gasteiger partial charge on any atom is 0.254 e. The molecule has 9 heavy (non-hydrogen) atoms. The molecule has 0 radical (unpaired) electrons. The molecule has 0 aliphatic heterocycles. The number of nitrogens with zero attached hydrogens (tertiary/aromatic N) is 1. The van der Waals surface area contributed by atoms with E-state index in [0.29, 0.717) is 0 Å². The van der Waals surface area contributed by atoms with E-state index in [4.69, 9.17) is 0 Å². The number of hydrogen-bond acceptors (Lipinski definition) is 4. The summed E-state index contributed by atoms with van der Waals surface area (Å²) in [6.45, 7) is 0. The van der Waals surface area contributed by atoms with Crippen molar-refractivity contribution in [2.75, 3.05) is 11.1 Å². The van der Waals surface area contributed by atoms with E-state index >= 15 is 0 Å². The normalized spacial score (nSPS) is 9.11. The molecule has 0 aromatic carbocycles. The SMILES string of the molecule is FNc1cc(NF)on1. The van der Waals surface area contributed by atoms with Crippen LogP contribution in [0, 0.1) is 0 Å². The molecule has 1 aromatic rings. The van der Waals surface area contributed by atoms with Crippen molar-refractivity contribution < 1.29 is 13.5 Å². The molecular weight excluding hydrogens is 132 g/mol. The molecule has 0 fully saturated rings. The highest BCUT2D eigenvalue weighted by Gasteiger charge is 1.99. The summed E-state index contributed by atoms with van der Waals surface area (Å²) in [4.78, 5) is 0. The molecular formula is C3H3F2N3O. The van der Waals surface area contributed by atoms with Crippen LogP contribution in [0.4, 0.5) is 20.7 Å². The smallest absolute Gasteiger partial charge is 0.254 e.